The van der Waals surface area contributed by atoms with Gasteiger partial charge in [0, 0.05) is 0 Å². The number of carbonyl (C=O) groups is 1. The van der Waals surface area contributed by atoms with E-state index in [0.717, 1.165) is 17.9 Å². The molecule has 0 saturated carbocycles. The molecule has 0 spiro atoms. The number of carboxylic acid groups (broad SMARTS) is 1. The summed E-state index contributed by atoms with van der Waals surface area (Å²) < 4.78 is 5.62. The second-order valence-electron chi connectivity index (χ2n) is 4.30. The molecule has 1 unspecified atom stereocenters. The molecule has 0 aliphatic carbocycles. The molecule has 0 saturated heterocycles. The molecule has 1 N–H and O–H groups in total. The molecule has 0 amide bonds. The van der Waals surface area contributed by atoms with Crippen molar-refractivity contribution in [3.8, 4) is 5.75 Å². The zero-order chi connectivity index (χ0) is 13.5. The highest BCUT2D eigenvalue weighted by molar-refractivity contribution is 8.00. The van der Waals surface area contributed by atoms with Crippen LogP contribution in [0.15, 0.2) is 18.2 Å². The number of hydrogen-bond donors (Lipinski definition) is 1. The number of benzene rings is 1. The molecule has 1 aromatic rings. The van der Waals surface area contributed by atoms with Crippen LogP contribution in [0.1, 0.15) is 24.5 Å². The van der Waals surface area contributed by atoms with Crippen molar-refractivity contribution >= 4 is 17.7 Å². The predicted octanol–water partition coefficient (Wildman–Crippen LogP) is 3.28. The van der Waals surface area contributed by atoms with Crippen molar-refractivity contribution in [1.82, 2.24) is 0 Å². The van der Waals surface area contributed by atoms with E-state index in [-0.39, 0.29) is 5.25 Å². The van der Waals surface area contributed by atoms with Crippen LogP contribution in [0, 0.1) is 13.8 Å². The van der Waals surface area contributed by atoms with E-state index in [0.29, 0.717) is 6.61 Å². The maximum atomic E-state index is 10.6. The molecule has 100 valence electrons. The summed E-state index contributed by atoms with van der Waals surface area (Å²) in [6.45, 7) is 6.47. The van der Waals surface area contributed by atoms with E-state index in [1.54, 1.807) is 6.92 Å². The van der Waals surface area contributed by atoms with Gasteiger partial charge in [-0.2, -0.15) is 0 Å². The number of thioether (sulfide) groups is 1. The summed E-state index contributed by atoms with van der Waals surface area (Å²) in [7, 11) is 0. The van der Waals surface area contributed by atoms with Gasteiger partial charge in [-0.05, 0) is 56.2 Å². The Kier molecular flexibility index (Phi) is 6.05. The standard InChI is InChI=1S/C14H20O3S/c1-10-5-6-13(9-11(10)2)17-7-4-8-18-12(3)14(15)16/h5-6,9,12H,4,7-8H2,1-3H3,(H,15,16). The topological polar surface area (TPSA) is 46.5 Å². The zero-order valence-corrected chi connectivity index (χ0v) is 11.9. The number of hydrogen-bond acceptors (Lipinski definition) is 3. The molecular weight excluding hydrogens is 248 g/mol. The smallest absolute Gasteiger partial charge is 0.316 e. The molecule has 0 aromatic heterocycles. The summed E-state index contributed by atoms with van der Waals surface area (Å²) in [5.41, 5.74) is 2.48. The van der Waals surface area contributed by atoms with Gasteiger partial charge in [0.05, 0.1) is 11.9 Å². The van der Waals surface area contributed by atoms with E-state index in [1.807, 2.05) is 18.2 Å². The Morgan fingerprint density at radius 1 is 1.39 bits per heavy atom. The molecule has 0 fully saturated rings. The van der Waals surface area contributed by atoms with Gasteiger partial charge in [0.1, 0.15) is 5.75 Å². The van der Waals surface area contributed by atoms with Gasteiger partial charge in [-0.1, -0.05) is 6.07 Å². The molecule has 0 heterocycles. The van der Waals surface area contributed by atoms with Gasteiger partial charge in [0.25, 0.3) is 0 Å². The maximum Gasteiger partial charge on any atom is 0.316 e. The normalized spacial score (nSPS) is 12.2. The highest BCUT2D eigenvalue weighted by Crippen LogP contribution is 2.17. The Hall–Kier alpha value is -1.16. The SMILES string of the molecule is Cc1ccc(OCCCSC(C)C(=O)O)cc1C. The Balaban J connectivity index is 2.22. The van der Waals surface area contributed by atoms with Gasteiger partial charge in [0.2, 0.25) is 0 Å². The Labute approximate surface area is 113 Å². The van der Waals surface area contributed by atoms with E-state index >= 15 is 0 Å². The van der Waals surface area contributed by atoms with Crippen LogP contribution in [0.2, 0.25) is 0 Å². The average molecular weight is 268 g/mol. The van der Waals surface area contributed by atoms with Gasteiger partial charge in [-0.15, -0.1) is 11.8 Å². The van der Waals surface area contributed by atoms with E-state index in [4.69, 9.17) is 9.84 Å². The fourth-order valence-electron chi connectivity index (χ4n) is 1.38. The fourth-order valence-corrected chi connectivity index (χ4v) is 2.16. The van der Waals surface area contributed by atoms with Gasteiger partial charge >= 0.3 is 5.97 Å². The first-order valence-corrected chi connectivity index (χ1v) is 7.10. The van der Waals surface area contributed by atoms with Crippen molar-refractivity contribution in [2.75, 3.05) is 12.4 Å². The van der Waals surface area contributed by atoms with Crippen molar-refractivity contribution in [3.63, 3.8) is 0 Å². The van der Waals surface area contributed by atoms with Gasteiger partial charge < -0.3 is 9.84 Å². The minimum absolute atomic E-state index is 0.341. The van der Waals surface area contributed by atoms with Gasteiger partial charge in [-0.3, -0.25) is 4.79 Å². The first kappa shape index (κ1) is 14.9. The van der Waals surface area contributed by atoms with Crippen molar-refractivity contribution < 1.29 is 14.6 Å². The van der Waals surface area contributed by atoms with Crippen molar-refractivity contribution in [2.24, 2.45) is 0 Å². The monoisotopic (exact) mass is 268 g/mol. The fraction of sp³-hybridized carbons (Fsp3) is 0.500. The molecule has 0 radical (unpaired) electrons. The molecule has 1 aromatic carbocycles. The lowest BCUT2D eigenvalue weighted by Crippen LogP contribution is -2.12. The van der Waals surface area contributed by atoms with Crippen LogP contribution in [-0.4, -0.2) is 28.7 Å². The first-order valence-electron chi connectivity index (χ1n) is 6.05. The Morgan fingerprint density at radius 3 is 2.72 bits per heavy atom. The molecule has 1 atom stereocenters. The highest BCUT2D eigenvalue weighted by atomic mass is 32.2. The number of ether oxygens (including phenoxy) is 1. The molecule has 1 rings (SSSR count). The number of rotatable bonds is 7. The molecule has 3 nitrogen and oxygen atoms in total. The minimum atomic E-state index is -0.755. The molecule has 0 aliphatic rings. The van der Waals surface area contributed by atoms with Crippen LogP contribution >= 0.6 is 11.8 Å². The summed E-state index contributed by atoms with van der Waals surface area (Å²) in [6, 6.07) is 6.05. The summed E-state index contributed by atoms with van der Waals surface area (Å²) in [5.74, 6) is 0.933. The summed E-state index contributed by atoms with van der Waals surface area (Å²) >= 11 is 1.45. The van der Waals surface area contributed by atoms with Crippen LogP contribution in [0.25, 0.3) is 0 Å². The van der Waals surface area contributed by atoms with Crippen LogP contribution < -0.4 is 4.74 Å². The van der Waals surface area contributed by atoms with Crippen LogP contribution in [0.5, 0.6) is 5.75 Å². The number of aryl methyl sites for hydroxylation is 2. The van der Waals surface area contributed by atoms with Crippen molar-refractivity contribution in [1.29, 1.82) is 0 Å². The van der Waals surface area contributed by atoms with Crippen LogP contribution in [-0.2, 0) is 4.79 Å². The average Bonchev–Trinajstić information content (AvgIpc) is 2.32. The molecule has 4 heteroatoms. The summed E-state index contributed by atoms with van der Waals surface area (Å²) in [5, 5.41) is 8.38. The summed E-state index contributed by atoms with van der Waals surface area (Å²) in [4.78, 5) is 10.6. The highest BCUT2D eigenvalue weighted by Gasteiger charge is 2.10. The Bertz CT molecular complexity index is 404. The van der Waals surface area contributed by atoms with Gasteiger partial charge in [-0.25, -0.2) is 0 Å². The lowest BCUT2D eigenvalue weighted by molar-refractivity contribution is -0.136. The minimum Gasteiger partial charge on any atom is -0.494 e. The van der Waals surface area contributed by atoms with Crippen molar-refractivity contribution in [3.05, 3.63) is 29.3 Å². The molecular formula is C14H20O3S. The lowest BCUT2D eigenvalue weighted by atomic mass is 10.1. The molecule has 0 bridgehead atoms. The van der Waals surface area contributed by atoms with Crippen molar-refractivity contribution in [2.45, 2.75) is 32.4 Å². The third kappa shape index (κ3) is 5.00. The third-order valence-corrected chi connectivity index (χ3v) is 3.98. The van der Waals surface area contributed by atoms with E-state index in [9.17, 15) is 4.79 Å². The second-order valence-corrected chi connectivity index (χ2v) is 5.75. The van der Waals surface area contributed by atoms with E-state index in [2.05, 4.69) is 13.8 Å². The summed E-state index contributed by atoms with van der Waals surface area (Å²) in [6.07, 6.45) is 0.856. The van der Waals surface area contributed by atoms with Crippen LogP contribution in [0.3, 0.4) is 0 Å². The first-order chi connectivity index (χ1) is 8.50. The third-order valence-electron chi connectivity index (χ3n) is 2.75. The van der Waals surface area contributed by atoms with Crippen LogP contribution in [0.4, 0.5) is 0 Å². The maximum absolute atomic E-state index is 10.6. The zero-order valence-electron chi connectivity index (χ0n) is 11.1. The Morgan fingerprint density at radius 2 is 2.11 bits per heavy atom. The number of carboxylic acids is 1. The molecule has 0 aliphatic heterocycles. The van der Waals surface area contributed by atoms with E-state index < -0.39 is 5.97 Å². The largest absolute Gasteiger partial charge is 0.494 e. The van der Waals surface area contributed by atoms with Gasteiger partial charge in [0.15, 0.2) is 0 Å². The predicted molar refractivity (Wildman–Crippen MR) is 75.6 cm³/mol. The quantitative estimate of drug-likeness (QED) is 0.771. The molecule has 18 heavy (non-hydrogen) atoms. The van der Waals surface area contributed by atoms with E-state index in [1.165, 1.54) is 22.9 Å². The number of aliphatic carboxylic acids is 1. The second kappa shape index (κ2) is 7.31. The lowest BCUT2D eigenvalue weighted by Gasteiger charge is -2.09.